The van der Waals surface area contributed by atoms with Crippen LogP contribution in [-0.4, -0.2) is 35.5 Å². The van der Waals surface area contributed by atoms with Crippen LogP contribution in [0, 0.1) is 11.3 Å². The van der Waals surface area contributed by atoms with Crippen molar-refractivity contribution in [3.63, 3.8) is 0 Å². The van der Waals surface area contributed by atoms with E-state index in [1.807, 2.05) is 75.4 Å². The minimum atomic E-state index is -1.02. The van der Waals surface area contributed by atoms with Gasteiger partial charge < -0.3 is 20.9 Å². The van der Waals surface area contributed by atoms with Crippen LogP contribution in [0.25, 0.3) is 0 Å². The fourth-order valence-corrected chi connectivity index (χ4v) is 4.25. The van der Waals surface area contributed by atoms with E-state index in [0.717, 1.165) is 23.5 Å². The van der Waals surface area contributed by atoms with E-state index in [-0.39, 0.29) is 23.7 Å². The van der Waals surface area contributed by atoms with E-state index in [9.17, 15) is 19.5 Å². The van der Waals surface area contributed by atoms with Crippen LogP contribution in [0.2, 0.25) is 0 Å². The molecular formula is C30H42N2O5. The average molecular weight is 511 g/mol. The van der Waals surface area contributed by atoms with Gasteiger partial charge in [-0.25, -0.2) is 4.79 Å². The first-order valence-corrected chi connectivity index (χ1v) is 13.1. The van der Waals surface area contributed by atoms with E-state index in [2.05, 4.69) is 5.32 Å². The minimum absolute atomic E-state index is 0.176. The van der Waals surface area contributed by atoms with E-state index < -0.39 is 12.0 Å². The predicted octanol–water partition coefficient (Wildman–Crippen LogP) is 4.91. The Labute approximate surface area is 220 Å². The maximum atomic E-state index is 12.1. The third-order valence-corrected chi connectivity index (χ3v) is 6.12. The summed E-state index contributed by atoms with van der Waals surface area (Å²) in [7, 11) is 0. The number of nitrogens with one attached hydrogen (secondary N) is 1. The number of primary amides is 1. The molecule has 0 saturated heterocycles. The molecule has 0 bridgehead atoms. The number of hydrogen-bond donors (Lipinski definition) is 3. The Bertz CT molecular complexity index is 977. The highest BCUT2D eigenvalue weighted by Crippen LogP contribution is 2.25. The molecule has 0 spiro atoms. The molecule has 202 valence electrons. The van der Waals surface area contributed by atoms with Gasteiger partial charge in [-0.3, -0.25) is 9.59 Å². The molecule has 37 heavy (non-hydrogen) atoms. The van der Waals surface area contributed by atoms with Gasteiger partial charge in [-0.15, -0.1) is 0 Å². The van der Waals surface area contributed by atoms with Gasteiger partial charge in [-0.1, -0.05) is 82.5 Å². The Morgan fingerprint density at radius 2 is 1.59 bits per heavy atom. The van der Waals surface area contributed by atoms with Gasteiger partial charge in [0.25, 0.3) is 0 Å². The Morgan fingerprint density at radius 3 is 2.14 bits per heavy atom. The molecule has 0 aliphatic heterocycles. The van der Waals surface area contributed by atoms with Crippen molar-refractivity contribution in [1.29, 1.82) is 0 Å². The molecule has 1 aliphatic carbocycles. The average Bonchev–Trinajstić information content (AvgIpc) is 2.83. The lowest BCUT2D eigenvalue weighted by Crippen LogP contribution is -2.43. The first-order valence-electron chi connectivity index (χ1n) is 13.1. The predicted molar refractivity (Wildman–Crippen MR) is 145 cm³/mol. The summed E-state index contributed by atoms with van der Waals surface area (Å²) in [4.78, 5) is 34.0. The summed E-state index contributed by atoms with van der Waals surface area (Å²) in [5, 5.41) is 12.1. The van der Waals surface area contributed by atoms with Crippen LogP contribution in [0.4, 0.5) is 0 Å². The SMILES string of the molecule is CC(C)(C)CC(=O)N[C@@H](Cc1ccc(OCC2CCCCC2)cc1)C(=O)O.NC(=O)Cc1ccccc1. The van der Waals surface area contributed by atoms with Crippen molar-refractivity contribution in [2.24, 2.45) is 17.1 Å². The van der Waals surface area contributed by atoms with Crippen molar-refractivity contribution in [2.45, 2.75) is 78.2 Å². The van der Waals surface area contributed by atoms with E-state index in [1.54, 1.807) is 0 Å². The minimum Gasteiger partial charge on any atom is -0.493 e. The Balaban J connectivity index is 0.000000402. The largest absolute Gasteiger partial charge is 0.493 e. The van der Waals surface area contributed by atoms with Crippen LogP contribution in [0.3, 0.4) is 0 Å². The van der Waals surface area contributed by atoms with E-state index in [0.29, 0.717) is 18.8 Å². The number of carboxylic acids is 1. The molecule has 0 heterocycles. The molecule has 1 fully saturated rings. The number of carboxylic acid groups (broad SMARTS) is 1. The molecule has 0 radical (unpaired) electrons. The lowest BCUT2D eigenvalue weighted by atomic mass is 9.90. The van der Waals surface area contributed by atoms with Gasteiger partial charge in [0.1, 0.15) is 11.8 Å². The van der Waals surface area contributed by atoms with Gasteiger partial charge in [-0.05, 0) is 47.4 Å². The number of amides is 2. The number of rotatable bonds is 10. The van der Waals surface area contributed by atoms with Crippen LogP contribution >= 0.6 is 0 Å². The number of hydrogen-bond acceptors (Lipinski definition) is 4. The lowest BCUT2D eigenvalue weighted by molar-refractivity contribution is -0.142. The second-order valence-corrected chi connectivity index (χ2v) is 11.0. The monoisotopic (exact) mass is 510 g/mol. The summed E-state index contributed by atoms with van der Waals surface area (Å²) in [6.07, 6.45) is 7.30. The van der Waals surface area contributed by atoms with Crippen LogP contribution < -0.4 is 15.8 Å². The topological polar surface area (TPSA) is 119 Å². The standard InChI is InChI=1S/C22H33NO4.C8H9NO/c1-22(2,3)14-20(24)23-19(21(25)26)13-16-9-11-18(12-10-16)27-15-17-7-5-4-6-8-17;9-8(10)6-7-4-2-1-3-5-7/h9-12,17,19H,4-8,13-15H2,1-3H3,(H,23,24)(H,25,26);1-5H,6H2,(H2,9,10)/t19-;/m0./s1. The van der Waals surface area contributed by atoms with Crippen LogP contribution in [0.15, 0.2) is 54.6 Å². The zero-order valence-corrected chi connectivity index (χ0v) is 22.4. The molecule has 1 saturated carbocycles. The molecule has 4 N–H and O–H groups in total. The summed E-state index contributed by atoms with van der Waals surface area (Å²) in [5.41, 5.74) is 6.64. The first kappa shape index (κ1) is 29.9. The summed E-state index contributed by atoms with van der Waals surface area (Å²) < 4.78 is 5.89. The molecule has 2 amide bonds. The zero-order valence-electron chi connectivity index (χ0n) is 22.4. The van der Waals surface area contributed by atoms with Crippen LogP contribution in [0.1, 0.15) is 70.4 Å². The molecule has 3 rings (SSSR count). The highest BCUT2D eigenvalue weighted by Gasteiger charge is 2.23. The van der Waals surface area contributed by atoms with E-state index in [1.165, 1.54) is 32.1 Å². The van der Waals surface area contributed by atoms with Crippen molar-refractivity contribution in [1.82, 2.24) is 5.32 Å². The zero-order chi connectivity index (χ0) is 27.3. The summed E-state index contributed by atoms with van der Waals surface area (Å²) in [5.74, 6) is -0.0794. The molecule has 7 heteroatoms. The molecule has 0 unspecified atom stereocenters. The van der Waals surface area contributed by atoms with Gasteiger partial charge in [0.05, 0.1) is 13.0 Å². The third-order valence-electron chi connectivity index (χ3n) is 6.12. The summed E-state index contributed by atoms with van der Waals surface area (Å²) >= 11 is 0. The molecule has 1 aliphatic rings. The fraction of sp³-hybridized carbons (Fsp3) is 0.500. The van der Waals surface area contributed by atoms with Crippen molar-refractivity contribution in [3.8, 4) is 5.75 Å². The quantitative estimate of drug-likeness (QED) is 0.420. The number of nitrogens with two attached hydrogens (primary N) is 1. The first-order chi connectivity index (χ1) is 17.5. The van der Waals surface area contributed by atoms with Crippen molar-refractivity contribution < 1.29 is 24.2 Å². The third kappa shape index (κ3) is 13.0. The number of benzene rings is 2. The summed E-state index contributed by atoms with van der Waals surface area (Å²) in [6, 6.07) is 16.0. The lowest BCUT2D eigenvalue weighted by Gasteiger charge is -2.22. The number of carbonyl (C=O) groups is 3. The van der Waals surface area contributed by atoms with Crippen molar-refractivity contribution in [2.75, 3.05) is 6.61 Å². The van der Waals surface area contributed by atoms with Gasteiger partial charge in [0, 0.05) is 12.8 Å². The maximum absolute atomic E-state index is 12.1. The van der Waals surface area contributed by atoms with Gasteiger partial charge in [0.2, 0.25) is 11.8 Å². The number of ether oxygens (including phenoxy) is 1. The van der Waals surface area contributed by atoms with Gasteiger partial charge in [0.15, 0.2) is 0 Å². The number of carbonyl (C=O) groups excluding carboxylic acids is 2. The summed E-state index contributed by atoms with van der Waals surface area (Å²) in [6.45, 7) is 6.61. The Kier molecular flexibility index (Phi) is 12.1. The maximum Gasteiger partial charge on any atom is 0.326 e. The van der Waals surface area contributed by atoms with Crippen molar-refractivity contribution in [3.05, 3.63) is 65.7 Å². The molecular weight excluding hydrogens is 468 g/mol. The van der Waals surface area contributed by atoms with Crippen LogP contribution in [0.5, 0.6) is 5.75 Å². The Hall–Kier alpha value is -3.35. The Morgan fingerprint density at radius 1 is 0.973 bits per heavy atom. The van der Waals surface area contributed by atoms with Gasteiger partial charge >= 0.3 is 5.97 Å². The van der Waals surface area contributed by atoms with E-state index in [4.69, 9.17) is 10.5 Å². The second-order valence-electron chi connectivity index (χ2n) is 11.0. The second kappa shape index (κ2) is 15.0. The van der Waals surface area contributed by atoms with Crippen molar-refractivity contribution >= 4 is 17.8 Å². The van der Waals surface area contributed by atoms with Gasteiger partial charge in [-0.2, -0.15) is 0 Å². The number of aliphatic carboxylic acids is 1. The van der Waals surface area contributed by atoms with E-state index >= 15 is 0 Å². The molecule has 2 aromatic carbocycles. The molecule has 1 atom stereocenters. The normalized spacial score (nSPS) is 14.6. The fourth-order valence-electron chi connectivity index (χ4n) is 4.25. The molecule has 2 aromatic rings. The smallest absolute Gasteiger partial charge is 0.326 e. The molecule has 7 nitrogen and oxygen atoms in total. The highest BCUT2D eigenvalue weighted by atomic mass is 16.5. The molecule has 0 aromatic heterocycles. The van der Waals surface area contributed by atoms with Crippen LogP contribution in [-0.2, 0) is 27.2 Å². The highest BCUT2D eigenvalue weighted by molar-refractivity contribution is 5.84.